The zero-order chi connectivity index (χ0) is 29.6. The zero-order valence-corrected chi connectivity index (χ0v) is 25.3. The SMILES string of the molecule is Cc1cc(C)cc(N(CC(=O)N(Cc2ccccc2C)[C@H](C)C(=O)NC2CCCCC2)S(=O)(=O)c2ccccc2)c1. The molecular weight excluding hydrogens is 534 g/mol. The van der Waals surface area contributed by atoms with Gasteiger partial charge in [-0.25, -0.2) is 8.42 Å². The van der Waals surface area contributed by atoms with E-state index >= 15 is 0 Å². The second-order valence-electron chi connectivity index (χ2n) is 11.1. The monoisotopic (exact) mass is 575 g/mol. The molecule has 0 aliphatic heterocycles. The number of hydrogen-bond donors (Lipinski definition) is 1. The zero-order valence-electron chi connectivity index (χ0n) is 24.5. The van der Waals surface area contributed by atoms with Crippen molar-refractivity contribution >= 4 is 27.5 Å². The molecule has 0 heterocycles. The van der Waals surface area contributed by atoms with E-state index in [0.717, 1.165) is 47.9 Å². The van der Waals surface area contributed by atoms with Gasteiger partial charge >= 0.3 is 0 Å². The van der Waals surface area contributed by atoms with Gasteiger partial charge in [-0.1, -0.05) is 67.8 Å². The second-order valence-corrected chi connectivity index (χ2v) is 13.0. The van der Waals surface area contributed by atoms with Crippen LogP contribution in [0.1, 0.15) is 61.3 Å². The number of carbonyl (C=O) groups excluding carboxylic acids is 2. The van der Waals surface area contributed by atoms with E-state index in [2.05, 4.69) is 5.32 Å². The maximum atomic E-state index is 14.2. The van der Waals surface area contributed by atoms with E-state index < -0.39 is 28.5 Å². The molecule has 3 aromatic carbocycles. The van der Waals surface area contributed by atoms with Crippen molar-refractivity contribution in [1.82, 2.24) is 10.2 Å². The number of aryl methyl sites for hydroxylation is 3. The van der Waals surface area contributed by atoms with Crippen molar-refractivity contribution in [3.63, 3.8) is 0 Å². The first-order chi connectivity index (χ1) is 19.6. The van der Waals surface area contributed by atoms with Crippen LogP contribution in [0.15, 0.2) is 77.7 Å². The Kier molecular flexibility index (Phi) is 9.86. The first kappa shape index (κ1) is 30.3. The molecule has 0 spiro atoms. The first-order valence-corrected chi connectivity index (χ1v) is 15.8. The first-order valence-electron chi connectivity index (χ1n) is 14.4. The third kappa shape index (κ3) is 7.55. The third-order valence-electron chi connectivity index (χ3n) is 7.83. The topological polar surface area (TPSA) is 86.8 Å². The molecule has 1 fully saturated rings. The molecule has 0 bridgehead atoms. The Balaban J connectivity index is 1.70. The summed E-state index contributed by atoms with van der Waals surface area (Å²) in [4.78, 5) is 29.2. The number of rotatable bonds is 10. The lowest BCUT2D eigenvalue weighted by Crippen LogP contribution is -2.53. The van der Waals surface area contributed by atoms with Crippen LogP contribution in [0.5, 0.6) is 0 Å². The van der Waals surface area contributed by atoms with Crippen molar-refractivity contribution < 1.29 is 18.0 Å². The van der Waals surface area contributed by atoms with Gasteiger partial charge in [-0.15, -0.1) is 0 Å². The Bertz CT molecular complexity index is 1450. The minimum atomic E-state index is -4.08. The average Bonchev–Trinajstić information content (AvgIpc) is 2.95. The quantitative estimate of drug-likeness (QED) is 0.337. The minimum Gasteiger partial charge on any atom is -0.352 e. The maximum absolute atomic E-state index is 14.2. The fraction of sp³-hybridized carbons (Fsp3) is 0.394. The molecule has 41 heavy (non-hydrogen) atoms. The van der Waals surface area contributed by atoms with E-state index in [4.69, 9.17) is 0 Å². The minimum absolute atomic E-state index is 0.0966. The Labute approximate surface area is 244 Å². The van der Waals surface area contributed by atoms with Crippen LogP contribution in [-0.4, -0.2) is 43.8 Å². The van der Waals surface area contributed by atoms with Crippen molar-refractivity contribution in [2.24, 2.45) is 0 Å². The molecular formula is C33H41N3O4S. The number of benzene rings is 3. The highest BCUT2D eigenvalue weighted by atomic mass is 32.2. The van der Waals surface area contributed by atoms with Gasteiger partial charge in [0, 0.05) is 12.6 Å². The lowest BCUT2D eigenvalue weighted by molar-refractivity contribution is -0.139. The second kappa shape index (κ2) is 13.3. The van der Waals surface area contributed by atoms with Crippen LogP contribution in [0.4, 0.5) is 5.69 Å². The van der Waals surface area contributed by atoms with E-state index in [-0.39, 0.29) is 23.4 Å². The van der Waals surface area contributed by atoms with E-state index in [1.807, 2.05) is 51.1 Å². The molecule has 1 N–H and O–H groups in total. The van der Waals surface area contributed by atoms with Gasteiger partial charge in [0.1, 0.15) is 12.6 Å². The van der Waals surface area contributed by atoms with Gasteiger partial charge < -0.3 is 10.2 Å². The highest BCUT2D eigenvalue weighted by Gasteiger charge is 2.33. The number of nitrogens with zero attached hydrogens (tertiary/aromatic N) is 2. The largest absolute Gasteiger partial charge is 0.352 e. The van der Waals surface area contributed by atoms with E-state index in [9.17, 15) is 18.0 Å². The molecule has 3 aromatic rings. The summed E-state index contributed by atoms with van der Waals surface area (Å²) in [6, 6.07) is 20.7. The third-order valence-corrected chi connectivity index (χ3v) is 9.61. The number of nitrogens with one attached hydrogen (secondary N) is 1. The molecule has 2 amide bonds. The molecule has 7 nitrogen and oxygen atoms in total. The molecule has 8 heteroatoms. The molecule has 0 aromatic heterocycles. The van der Waals surface area contributed by atoms with Crippen molar-refractivity contribution in [2.45, 2.75) is 83.3 Å². The van der Waals surface area contributed by atoms with E-state index in [1.54, 1.807) is 37.3 Å². The van der Waals surface area contributed by atoms with Crippen LogP contribution in [-0.2, 0) is 26.2 Å². The summed E-state index contributed by atoms with van der Waals surface area (Å²) in [7, 11) is -4.08. The molecule has 1 saturated carbocycles. The number of hydrogen-bond acceptors (Lipinski definition) is 4. The molecule has 1 aliphatic rings. The summed E-state index contributed by atoms with van der Waals surface area (Å²) in [6.07, 6.45) is 5.19. The summed E-state index contributed by atoms with van der Waals surface area (Å²) >= 11 is 0. The van der Waals surface area contributed by atoms with Crippen LogP contribution in [0.25, 0.3) is 0 Å². The number of amides is 2. The average molecular weight is 576 g/mol. The van der Waals surface area contributed by atoms with Crippen molar-refractivity contribution in [3.8, 4) is 0 Å². The Morgan fingerprint density at radius 2 is 1.49 bits per heavy atom. The highest BCUT2D eigenvalue weighted by Crippen LogP contribution is 2.27. The number of sulfonamides is 1. The van der Waals surface area contributed by atoms with Gasteiger partial charge in [0.15, 0.2) is 0 Å². The Morgan fingerprint density at radius 1 is 0.878 bits per heavy atom. The van der Waals surface area contributed by atoms with E-state index in [0.29, 0.717) is 5.69 Å². The van der Waals surface area contributed by atoms with Crippen LogP contribution >= 0.6 is 0 Å². The Morgan fingerprint density at radius 3 is 2.12 bits per heavy atom. The molecule has 0 saturated heterocycles. The standard InChI is InChI=1S/C33H41N3O4S/c1-24-19-25(2)21-30(20-24)36(41(39,40)31-17-9-6-10-18-31)23-32(37)35(22-28-14-12-11-13-26(28)3)27(4)33(38)34-29-15-7-5-8-16-29/h6,9-14,17-21,27,29H,5,7-8,15-16,22-23H2,1-4H3,(H,34,38)/t27-/m1/s1. The maximum Gasteiger partial charge on any atom is 0.264 e. The van der Waals surface area contributed by atoms with E-state index in [1.165, 1.54) is 27.8 Å². The highest BCUT2D eigenvalue weighted by molar-refractivity contribution is 7.92. The van der Waals surface area contributed by atoms with Crippen LogP contribution in [0.3, 0.4) is 0 Å². The fourth-order valence-corrected chi connectivity index (χ4v) is 6.88. The molecule has 218 valence electrons. The van der Waals surface area contributed by atoms with Gasteiger partial charge in [-0.2, -0.15) is 0 Å². The summed E-state index contributed by atoms with van der Waals surface area (Å²) in [5, 5.41) is 3.15. The van der Waals surface area contributed by atoms with Gasteiger partial charge in [0.05, 0.1) is 10.6 Å². The van der Waals surface area contributed by atoms with Crippen LogP contribution in [0, 0.1) is 20.8 Å². The van der Waals surface area contributed by atoms with Crippen LogP contribution in [0.2, 0.25) is 0 Å². The predicted molar refractivity (Wildman–Crippen MR) is 163 cm³/mol. The molecule has 1 atom stereocenters. The van der Waals surface area contributed by atoms with Crippen molar-refractivity contribution in [2.75, 3.05) is 10.8 Å². The lowest BCUT2D eigenvalue weighted by Gasteiger charge is -2.33. The molecule has 1 aliphatic carbocycles. The van der Waals surface area contributed by atoms with Gasteiger partial charge in [0.2, 0.25) is 11.8 Å². The smallest absolute Gasteiger partial charge is 0.264 e. The Hall–Kier alpha value is -3.65. The summed E-state index contributed by atoms with van der Waals surface area (Å²) in [6.45, 7) is 7.24. The number of anilines is 1. The summed E-state index contributed by atoms with van der Waals surface area (Å²) in [5.41, 5.74) is 4.08. The van der Waals surface area contributed by atoms with Gasteiger partial charge in [0.25, 0.3) is 10.0 Å². The normalized spacial score (nSPS) is 14.7. The number of carbonyl (C=O) groups is 2. The van der Waals surface area contributed by atoms with Crippen molar-refractivity contribution in [1.29, 1.82) is 0 Å². The molecule has 0 radical (unpaired) electrons. The van der Waals surface area contributed by atoms with Crippen LogP contribution < -0.4 is 9.62 Å². The van der Waals surface area contributed by atoms with Gasteiger partial charge in [-0.05, 0) is 87.1 Å². The molecule has 4 rings (SSSR count). The van der Waals surface area contributed by atoms with Crippen molar-refractivity contribution in [3.05, 3.63) is 95.1 Å². The molecule has 0 unspecified atom stereocenters. The fourth-order valence-electron chi connectivity index (χ4n) is 5.47. The summed E-state index contributed by atoms with van der Waals surface area (Å²) in [5.74, 6) is -0.666. The predicted octanol–water partition coefficient (Wildman–Crippen LogP) is 5.67. The lowest BCUT2D eigenvalue weighted by atomic mass is 9.95. The van der Waals surface area contributed by atoms with Gasteiger partial charge in [-0.3, -0.25) is 13.9 Å². The summed E-state index contributed by atoms with van der Waals surface area (Å²) < 4.78 is 29.1.